The molecule has 4 rings (SSSR count). The first-order chi connectivity index (χ1) is 9.81. The monoisotopic (exact) mass is 276 g/mol. The molecule has 0 radical (unpaired) electrons. The van der Waals surface area contributed by atoms with Crippen molar-refractivity contribution in [2.24, 2.45) is 5.92 Å². The maximum Gasteiger partial charge on any atom is 0.257 e. The third-order valence-corrected chi connectivity index (χ3v) is 4.66. The van der Waals surface area contributed by atoms with Gasteiger partial charge in [-0.25, -0.2) is 0 Å². The Hall–Kier alpha value is -1.33. The SMILES string of the molecule is O=C(c1ccoc1)N1C[C@@H]2OCCN(CC3CC3)[C@@H]2C1. The normalized spacial score (nSPS) is 30.5. The van der Waals surface area contributed by atoms with Gasteiger partial charge in [-0.15, -0.1) is 0 Å². The Labute approximate surface area is 118 Å². The lowest BCUT2D eigenvalue weighted by atomic mass is 10.1. The van der Waals surface area contributed by atoms with Crippen LogP contribution in [-0.4, -0.2) is 60.6 Å². The molecule has 3 fully saturated rings. The Morgan fingerprint density at radius 1 is 1.35 bits per heavy atom. The fourth-order valence-corrected chi connectivity index (χ4v) is 3.35. The summed E-state index contributed by atoms with van der Waals surface area (Å²) in [4.78, 5) is 16.8. The highest BCUT2D eigenvalue weighted by molar-refractivity contribution is 5.94. The van der Waals surface area contributed by atoms with E-state index in [9.17, 15) is 4.79 Å². The predicted octanol–water partition coefficient (Wildman–Crippen LogP) is 1.21. The summed E-state index contributed by atoms with van der Waals surface area (Å²) in [6.45, 7) is 4.46. The van der Waals surface area contributed by atoms with Crippen molar-refractivity contribution >= 4 is 5.91 Å². The minimum absolute atomic E-state index is 0.0584. The smallest absolute Gasteiger partial charge is 0.257 e. The van der Waals surface area contributed by atoms with E-state index in [1.54, 1.807) is 12.3 Å². The average molecular weight is 276 g/mol. The first kappa shape index (κ1) is 12.4. The molecule has 1 amide bonds. The minimum Gasteiger partial charge on any atom is -0.472 e. The number of amides is 1. The molecule has 5 heteroatoms. The minimum atomic E-state index is 0.0584. The molecule has 1 aliphatic carbocycles. The number of rotatable bonds is 3. The molecule has 1 aromatic heterocycles. The van der Waals surface area contributed by atoms with Crippen molar-refractivity contribution < 1.29 is 13.9 Å². The summed E-state index contributed by atoms with van der Waals surface area (Å²) in [5.74, 6) is 0.940. The molecule has 2 atom stereocenters. The van der Waals surface area contributed by atoms with Crippen molar-refractivity contribution in [1.82, 2.24) is 9.80 Å². The van der Waals surface area contributed by atoms with Crippen LogP contribution in [0.2, 0.25) is 0 Å². The lowest BCUT2D eigenvalue weighted by molar-refractivity contribution is -0.0484. The molecule has 3 aliphatic rings. The molecule has 0 N–H and O–H groups in total. The maximum absolute atomic E-state index is 12.4. The lowest BCUT2D eigenvalue weighted by Crippen LogP contribution is -2.51. The van der Waals surface area contributed by atoms with Crippen LogP contribution in [-0.2, 0) is 4.74 Å². The van der Waals surface area contributed by atoms with Crippen LogP contribution in [0.15, 0.2) is 23.0 Å². The van der Waals surface area contributed by atoms with Crippen molar-refractivity contribution in [3.63, 3.8) is 0 Å². The van der Waals surface area contributed by atoms with Gasteiger partial charge in [0.15, 0.2) is 0 Å². The van der Waals surface area contributed by atoms with Crippen LogP contribution in [0.25, 0.3) is 0 Å². The quantitative estimate of drug-likeness (QED) is 0.832. The van der Waals surface area contributed by atoms with Gasteiger partial charge in [0, 0.05) is 26.2 Å². The lowest BCUT2D eigenvalue weighted by Gasteiger charge is -2.36. The maximum atomic E-state index is 12.4. The number of carbonyl (C=O) groups excluding carboxylic acids is 1. The largest absolute Gasteiger partial charge is 0.472 e. The van der Waals surface area contributed by atoms with Gasteiger partial charge >= 0.3 is 0 Å². The van der Waals surface area contributed by atoms with Gasteiger partial charge in [0.05, 0.1) is 30.6 Å². The van der Waals surface area contributed by atoms with Crippen LogP contribution < -0.4 is 0 Å². The van der Waals surface area contributed by atoms with E-state index in [0.29, 0.717) is 18.2 Å². The molecule has 20 heavy (non-hydrogen) atoms. The second-order valence-electron chi connectivity index (χ2n) is 6.14. The van der Waals surface area contributed by atoms with Crippen LogP contribution in [0.1, 0.15) is 23.2 Å². The fourth-order valence-electron chi connectivity index (χ4n) is 3.35. The van der Waals surface area contributed by atoms with E-state index in [4.69, 9.17) is 9.15 Å². The van der Waals surface area contributed by atoms with Crippen LogP contribution >= 0.6 is 0 Å². The second kappa shape index (κ2) is 4.90. The summed E-state index contributed by atoms with van der Waals surface area (Å²) >= 11 is 0. The zero-order chi connectivity index (χ0) is 13.5. The van der Waals surface area contributed by atoms with Crippen molar-refractivity contribution in [3.05, 3.63) is 24.2 Å². The Morgan fingerprint density at radius 2 is 2.25 bits per heavy atom. The van der Waals surface area contributed by atoms with Crippen molar-refractivity contribution in [2.75, 3.05) is 32.8 Å². The Kier molecular flexibility index (Phi) is 3.04. The highest BCUT2D eigenvalue weighted by Crippen LogP contribution is 2.33. The molecule has 0 aromatic carbocycles. The zero-order valence-corrected chi connectivity index (χ0v) is 11.5. The van der Waals surface area contributed by atoms with E-state index in [1.165, 1.54) is 25.6 Å². The number of nitrogens with zero attached hydrogens (tertiary/aromatic N) is 2. The van der Waals surface area contributed by atoms with E-state index in [1.807, 2.05) is 4.90 Å². The standard InChI is InChI=1S/C15H20N2O3/c18-15(12-3-5-19-10-12)17-8-13-14(9-17)20-6-4-16(13)7-11-1-2-11/h3,5,10-11,13-14H,1-2,4,6-9H2/t13-,14+/m1/s1. The van der Waals surface area contributed by atoms with Crippen molar-refractivity contribution in [3.8, 4) is 0 Å². The molecule has 1 saturated carbocycles. The van der Waals surface area contributed by atoms with Crippen molar-refractivity contribution in [2.45, 2.75) is 25.0 Å². The first-order valence-electron chi connectivity index (χ1n) is 7.48. The van der Waals surface area contributed by atoms with Crippen LogP contribution in [0.5, 0.6) is 0 Å². The zero-order valence-electron chi connectivity index (χ0n) is 11.5. The molecule has 0 bridgehead atoms. The van der Waals surface area contributed by atoms with E-state index < -0.39 is 0 Å². The molecule has 3 heterocycles. The van der Waals surface area contributed by atoms with Crippen molar-refractivity contribution in [1.29, 1.82) is 0 Å². The molecule has 0 spiro atoms. The fraction of sp³-hybridized carbons (Fsp3) is 0.667. The highest BCUT2D eigenvalue weighted by Gasteiger charge is 2.43. The topological polar surface area (TPSA) is 45.9 Å². The van der Waals surface area contributed by atoms with E-state index in [0.717, 1.165) is 25.6 Å². The number of furan rings is 1. The molecule has 108 valence electrons. The molecule has 0 unspecified atom stereocenters. The van der Waals surface area contributed by atoms with Gasteiger partial charge in [-0.1, -0.05) is 0 Å². The molecule has 2 aliphatic heterocycles. The number of likely N-dealkylation sites (tertiary alicyclic amines) is 1. The summed E-state index contributed by atoms with van der Waals surface area (Å²) < 4.78 is 10.9. The second-order valence-corrected chi connectivity index (χ2v) is 6.14. The summed E-state index contributed by atoms with van der Waals surface area (Å²) in [6.07, 6.45) is 5.98. The van der Waals surface area contributed by atoms with E-state index in [-0.39, 0.29) is 12.0 Å². The summed E-state index contributed by atoms with van der Waals surface area (Å²) in [5, 5.41) is 0. The third kappa shape index (κ3) is 2.25. The number of ether oxygens (including phenoxy) is 1. The summed E-state index contributed by atoms with van der Waals surface area (Å²) in [6, 6.07) is 2.10. The number of fused-ring (bicyclic) bond motifs is 1. The summed E-state index contributed by atoms with van der Waals surface area (Å²) in [7, 11) is 0. The predicted molar refractivity (Wildman–Crippen MR) is 72.4 cm³/mol. The number of carbonyl (C=O) groups is 1. The van der Waals surface area contributed by atoms with Crippen LogP contribution in [0, 0.1) is 5.92 Å². The van der Waals surface area contributed by atoms with E-state index >= 15 is 0 Å². The average Bonchev–Trinajstić information content (AvgIpc) is 2.97. The van der Waals surface area contributed by atoms with Gasteiger partial charge in [-0.3, -0.25) is 9.69 Å². The number of morpholine rings is 1. The van der Waals surface area contributed by atoms with Gasteiger partial charge in [0.1, 0.15) is 6.26 Å². The third-order valence-electron chi connectivity index (χ3n) is 4.66. The summed E-state index contributed by atoms with van der Waals surface area (Å²) in [5.41, 5.74) is 0.636. The first-order valence-corrected chi connectivity index (χ1v) is 7.48. The van der Waals surface area contributed by atoms with Gasteiger partial charge in [-0.2, -0.15) is 0 Å². The Morgan fingerprint density at radius 3 is 3.00 bits per heavy atom. The number of hydrogen-bond donors (Lipinski definition) is 0. The van der Waals surface area contributed by atoms with Gasteiger partial charge in [0.25, 0.3) is 5.91 Å². The molecule has 2 saturated heterocycles. The van der Waals surface area contributed by atoms with Gasteiger partial charge in [0.2, 0.25) is 0 Å². The van der Waals surface area contributed by atoms with E-state index in [2.05, 4.69) is 4.90 Å². The number of hydrogen-bond acceptors (Lipinski definition) is 4. The molecule has 5 nitrogen and oxygen atoms in total. The molecule has 1 aromatic rings. The Bertz CT molecular complexity index is 483. The Balaban J connectivity index is 1.45. The van der Waals surface area contributed by atoms with Gasteiger partial charge < -0.3 is 14.1 Å². The van der Waals surface area contributed by atoms with Gasteiger partial charge in [-0.05, 0) is 24.8 Å². The molecular weight excluding hydrogens is 256 g/mol. The van der Waals surface area contributed by atoms with Crippen LogP contribution in [0.4, 0.5) is 0 Å². The van der Waals surface area contributed by atoms with Crippen LogP contribution in [0.3, 0.4) is 0 Å². The molecular formula is C15H20N2O3. The highest BCUT2D eigenvalue weighted by atomic mass is 16.5.